The Labute approximate surface area is 107 Å². The maximum Gasteiger partial charge on any atom is 0.385 e. The zero-order chi connectivity index (χ0) is 12.9. The summed E-state index contributed by atoms with van der Waals surface area (Å²) in [7, 11) is -3.69. The van der Waals surface area contributed by atoms with Crippen molar-refractivity contribution in [1.82, 2.24) is 4.31 Å². The molecule has 0 bridgehead atoms. The molecule has 0 heterocycles. The number of hydrogen-bond acceptors (Lipinski definition) is 4. The molecule has 0 amide bonds. The van der Waals surface area contributed by atoms with Crippen molar-refractivity contribution < 1.29 is 12.6 Å². The van der Waals surface area contributed by atoms with E-state index in [-0.39, 0.29) is 0 Å². The van der Waals surface area contributed by atoms with Crippen LogP contribution < -0.4 is 4.18 Å². The van der Waals surface area contributed by atoms with E-state index in [0.717, 1.165) is 4.90 Å². The molecule has 17 heavy (non-hydrogen) atoms. The molecule has 4 nitrogen and oxygen atoms in total. The molecule has 0 radical (unpaired) electrons. The Morgan fingerprint density at radius 2 is 1.82 bits per heavy atom. The van der Waals surface area contributed by atoms with Gasteiger partial charge in [0.05, 0.1) is 4.90 Å². The number of thioether (sulfide) groups is 1. The van der Waals surface area contributed by atoms with Gasteiger partial charge in [-0.3, -0.25) is 0 Å². The Kier molecular flexibility index (Phi) is 5.30. The largest absolute Gasteiger partial charge is 0.385 e. The summed E-state index contributed by atoms with van der Waals surface area (Å²) >= 11 is 1.46. The summed E-state index contributed by atoms with van der Waals surface area (Å²) in [5, 5.41) is 0. The highest BCUT2D eigenvalue weighted by molar-refractivity contribution is 7.98. The van der Waals surface area contributed by atoms with Gasteiger partial charge in [0.25, 0.3) is 0 Å². The third-order valence-electron chi connectivity index (χ3n) is 2.29. The monoisotopic (exact) mass is 275 g/mol. The summed E-state index contributed by atoms with van der Waals surface area (Å²) in [6, 6.07) is 7.10. The molecule has 0 spiro atoms. The molecule has 0 saturated heterocycles. The molecule has 0 aliphatic carbocycles. The summed E-state index contributed by atoms with van der Waals surface area (Å²) in [4.78, 5) is 0.809. The van der Waals surface area contributed by atoms with Crippen LogP contribution in [0.2, 0.25) is 0 Å². The van der Waals surface area contributed by atoms with Gasteiger partial charge >= 0.3 is 10.3 Å². The maximum absolute atomic E-state index is 11.9. The minimum Gasteiger partial charge on any atom is -0.370 e. The first-order valence-electron chi connectivity index (χ1n) is 5.37. The van der Waals surface area contributed by atoms with E-state index in [0.29, 0.717) is 18.8 Å². The first kappa shape index (κ1) is 14.3. The van der Waals surface area contributed by atoms with Gasteiger partial charge in [0, 0.05) is 13.1 Å². The second-order valence-corrected chi connectivity index (χ2v) is 5.66. The number of hydrogen-bond donors (Lipinski definition) is 0. The average molecular weight is 275 g/mol. The van der Waals surface area contributed by atoms with Gasteiger partial charge < -0.3 is 4.18 Å². The second-order valence-electron chi connectivity index (χ2n) is 3.28. The third-order valence-corrected chi connectivity index (χ3v) is 4.60. The van der Waals surface area contributed by atoms with E-state index in [1.165, 1.54) is 16.1 Å². The Hall–Kier alpha value is -0.720. The quantitative estimate of drug-likeness (QED) is 0.748. The van der Waals surface area contributed by atoms with E-state index in [9.17, 15) is 8.42 Å². The van der Waals surface area contributed by atoms with Crippen LogP contribution in [0.1, 0.15) is 13.8 Å². The number of nitrogens with zero attached hydrogens (tertiary/aromatic N) is 1. The lowest BCUT2D eigenvalue weighted by atomic mass is 10.3. The van der Waals surface area contributed by atoms with Crippen molar-refractivity contribution >= 4 is 22.1 Å². The van der Waals surface area contributed by atoms with Gasteiger partial charge in [-0.25, -0.2) is 0 Å². The number of para-hydroxylation sites is 1. The van der Waals surface area contributed by atoms with Crippen molar-refractivity contribution in [3.8, 4) is 5.75 Å². The normalized spacial score (nSPS) is 11.8. The highest BCUT2D eigenvalue weighted by atomic mass is 32.2. The van der Waals surface area contributed by atoms with Gasteiger partial charge in [0.15, 0.2) is 5.75 Å². The van der Waals surface area contributed by atoms with Gasteiger partial charge in [-0.05, 0) is 18.4 Å². The topological polar surface area (TPSA) is 46.6 Å². The summed E-state index contributed by atoms with van der Waals surface area (Å²) < 4.78 is 30.3. The maximum atomic E-state index is 11.9. The summed E-state index contributed by atoms with van der Waals surface area (Å²) in [6.07, 6.45) is 1.88. The van der Waals surface area contributed by atoms with E-state index < -0.39 is 10.3 Å². The molecule has 1 aromatic rings. The van der Waals surface area contributed by atoms with Crippen molar-refractivity contribution in [1.29, 1.82) is 0 Å². The number of rotatable bonds is 6. The van der Waals surface area contributed by atoms with Crippen LogP contribution in [-0.2, 0) is 10.3 Å². The minimum absolute atomic E-state index is 0.381. The van der Waals surface area contributed by atoms with Crippen LogP contribution in [-0.4, -0.2) is 32.1 Å². The molecule has 0 saturated carbocycles. The molecular weight excluding hydrogens is 258 g/mol. The first-order valence-corrected chi connectivity index (χ1v) is 7.96. The standard InChI is InChI=1S/C11H17NO3S2/c1-4-12(5-2)17(13,14)15-10-8-6-7-9-11(10)16-3/h6-9H,4-5H2,1-3H3. The van der Waals surface area contributed by atoms with Crippen molar-refractivity contribution in [2.75, 3.05) is 19.3 Å². The molecule has 6 heteroatoms. The highest BCUT2D eigenvalue weighted by Crippen LogP contribution is 2.28. The zero-order valence-electron chi connectivity index (χ0n) is 10.2. The van der Waals surface area contributed by atoms with E-state index in [4.69, 9.17) is 4.18 Å². The molecule has 0 atom stereocenters. The highest BCUT2D eigenvalue weighted by Gasteiger charge is 2.21. The molecule has 0 fully saturated rings. The van der Waals surface area contributed by atoms with E-state index in [1.54, 1.807) is 26.0 Å². The number of benzene rings is 1. The molecule has 0 unspecified atom stereocenters. The first-order chi connectivity index (χ1) is 8.05. The zero-order valence-corrected chi connectivity index (χ0v) is 11.8. The Bertz CT molecular complexity index is 456. The van der Waals surface area contributed by atoms with Crippen LogP contribution in [0.25, 0.3) is 0 Å². The Balaban J connectivity index is 2.97. The smallest absolute Gasteiger partial charge is 0.370 e. The fourth-order valence-electron chi connectivity index (χ4n) is 1.39. The fourth-order valence-corrected chi connectivity index (χ4v) is 3.08. The van der Waals surface area contributed by atoms with Crippen LogP contribution in [0.4, 0.5) is 0 Å². The van der Waals surface area contributed by atoms with Gasteiger partial charge in [-0.1, -0.05) is 26.0 Å². The Morgan fingerprint density at radius 3 is 2.35 bits per heavy atom. The molecular formula is C11H17NO3S2. The van der Waals surface area contributed by atoms with Gasteiger partial charge in [0.1, 0.15) is 0 Å². The van der Waals surface area contributed by atoms with Crippen LogP contribution in [0.15, 0.2) is 29.2 Å². The molecule has 1 rings (SSSR count). The van der Waals surface area contributed by atoms with Crippen molar-refractivity contribution in [3.63, 3.8) is 0 Å². The Morgan fingerprint density at radius 1 is 1.24 bits per heavy atom. The van der Waals surface area contributed by atoms with Crippen LogP contribution in [0.5, 0.6) is 5.75 Å². The lowest BCUT2D eigenvalue weighted by Gasteiger charge is -2.18. The van der Waals surface area contributed by atoms with Crippen molar-refractivity contribution in [3.05, 3.63) is 24.3 Å². The van der Waals surface area contributed by atoms with Crippen LogP contribution in [0.3, 0.4) is 0 Å². The fraction of sp³-hybridized carbons (Fsp3) is 0.455. The van der Waals surface area contributed by atoms with Crippen molar-refractivity contribution in [2.45, 2.75) is 18.7 Å². The van der Waals surface area contributed by atoms with Crippen LogP contribution in [0, 0.1) is 0 Å². The lowest BCUT2D eigenvalue weighted by molar-refractivity contribution is 0.373. The molecule has 0 N–H and O–H groups in total. The van der Waals surface area contributed by atoms with E-state index in [1.807, 2.05) is 18.4 Å². The molecule has 1 aromatic carbocycles. The molecule has 0 aliphatic heterocycles. The minimum atomic E-state index is -3.69. The molecule has 96 valence electrons. The molecule has 0 aliphatic rings. The summed E-state index contributed by atoms with van der Waals surface area (Å²) in [5.41, 5.74) is 0. The van der Waals surface area contributed by atoms with E-state index in [2.05, 4.69) is 0 Å². The second kappa shape index (κ2) is 6.28. The third kappa shape index (κ3) is 3.62. The molecule has 0 aromatic heterocycles. The summed E-state index contributed by atoms with van der Waals surface area (Å²) in [6.45, 7) is 4.37. The average Bonchev–Trinajstić information content (AvgIpc) is 2.30. The predicted molar refractivity (Wildman–Crippen MR) is 70.7 cm³/mol. The van der Waals surface area contributed by atoms with Crippen molar-refractivity contribution in [2.24, 2.45) is 0 Å². The summed E-state index contributed by atoms with van der Waals surface area (Å²) in [5.74, 6) is 0.381. The predicted octanol–water partition coefficient (Wildman–Crippen LogP) is 2.37. The van der Waals surface area contributed by atoms with Gasteiger partial charge in [0.2, 0.25) is 0 Å². The van der Waals surface area contributed by atoms with Crippen LogP contribution >= 0.6 is 11.8 Å². The SMILES string of the molecule is CCN(CC)S(=O)(=O)Oc1ccccc1SC. The van der Waals surface area contributed by atoms with Gasteiger partial charge in [-0.15, -0.1) is 11.8 Å². The lowest BCUT2D eigenvalue weighted by Crippen LogP contribution is -2.34. The van der Waals surface area contributed by atoms with Gasteiger partial charge in [-0.2, -0.15) is 12.7 Å². The van der Waals surface area contributed by atoms with E-state index >= 15 is 0 Å².